The molecule has 2 rings (SSSR count). The van der Waals surface area contributed by atoms with Crippen LogP contribution < -0.4 is 5.32 Å². The molecule has 1 aliphatic heterocycles. The first-order valence-corrected chi connectivity index (χ1v) is 8.22. The number of hydrogen-bond acceptors (Lipinski definition) is 6. The molecule has 8 heteroatoms. The van der Waals surface area contributed by atoms with Gasteiger partial charge in [0.25, 0.3) is 5.91 Å². The van der Waals surface area contributed by atoms with Crippen molar-refractivity contribution >= 4 is 33.2 Å². The molecule has 0 saturated carbocycles. The fraction of sp³-hybridized carbons (Fsp3) is 0.700. The molecule has 0 bridgehead atoms. The van der Waals surface area contributed by atoms with Crippen LogP contribution in [0.25, 0.3) is 0 Å². The molecule has 0 spiro atoms. The van der Waals surface area contributed by atoms with E-state index in [2.05, 4.69) is 22.4 Å². The third-order valence-electron chi connectivity index (χ3n) is 2.60. The van der Waals surface area contributed by atoms with E-state index < -0.39 is 10.8 Å². The minimum absolute atomic E-state index is 0.103. The molecule has 1 fully saturated rings. The Morgan fingerprint density at radius 2 is 2.17 bits per heavy atom. The Labute approximate surface area is 112 Å². The van der Waals surface area contributed by atoms with Crippen molar-refractivity contribution in [2.45, 2.75) is 13.3 Å². The van der Waals surface area contributed by atoms with Crippen LogP contribution in [0, 0.1) is 0 Å². The Hall–Kier alpha value is -1.02. The summed E-state index contributed by atoms with van der Waals surface area (Å²) in [5, 5.41) is 12.0. The maximum atomic E-state index is 12.1. The molecular formula is C10H16N4O2S2. The van der Waals surface area contributed by atoms with Crippen LogP contribution in [-0.2, 0) is 10.8 Å². The first-order chi connectivity index (χ1) is 8.70. The van der Waals surface area contributed by atoms with E-state index in [0.717, 1.165) is 13.0 Å². The number of aromatic nitrogens is 2. The van der Waals surface area contributed by atoms with Crippen molar-refractivity contribution < 1.29 is 9.00 Å². The van der Waals surface area contributed by atoms with E-state index in [-0.39, 0.29) is 5.91 Å². The molecule has 0 unspecified atom stereocenters. The van der Waals surface area contributed by atoms with Gasteiger partial charge in [0.1, 0.15) is 0 Å². The summed E-state index contributed by atoms with van der Waals surface area (Å²) in [4.78, 5) is 13.8. The van der Waals surface area contributed by atoms with Gasteiger partial charge >= 0.3 is 0 Å². The molecule has 0 aromatic carbocycles. The Balaban J connectivity index is 1.96. The van der Waals surface area contributed by atoms with Gasteiger partial charge in [-0.1, -0.05) is 18.3 Å². The van der Waals surface area contributed by atoms with Crippen molar-refractivity contribution in [1.29, 1.82) is 0 Å². The maximum absolute atomic E-state index is 12.1. The number of carbonyl (C=O) groups is 1. The summed E-state index contributed by atoms with van der Waals surface area (Å²) in [5.41, 5.74) is 0. The topological polar surface area (TPSA) is 75.2 Å². The van der Waals surface area contributed by atoms with E-state index >= 15 is 0 Å². The van der Waals surface area contributed by atoms with Crippen LogP contribution in [0.2, 0.25) is 0 Å². The second-order valence-electron chi connectivity index (χ2n) is 3.98. The molecule has 0 atom stereocenters. The summed E-state index contributed by atoms with van der Waals surface area (Å²) in [6.07, 6.45) is 1.00. The predicted octanol–water partition coefficient (Wildman–Crippen LogP) is 0.565. The molecule has 6 nitrogen and oxygen atoms in total. The Bertz CT molecular complexity index is 439. The zero-order chi connectivity index (χ0) is 13.0. The highest BCUT2D eigenvalue weighted by molar-refractivity contribution is 7.85. The number of nitrogens with zero attached hydrogens (tertiary/aromatic N) is 3. The van der Waals surface area contributed by atoms with Crippen molar-refractivity contribution in [3.05, 3.63) is 5.01 Å². The fourth-order valence-electron chi connectivity index (χ4n) is 1.59. The van der Waals surface area contributed by atoms with Crippen molar-refractivity contribution in [2.24, 2.45) is 0 Å². The highest BCUT2D eigenvalue weighted by Gasteiger charge is 2.24. The molecule has 1 aliphatic rings. The van der Waals surface area contributed by atoms with Crippen LogP contribution in [0.3, 0.4) is 0 Å². The summed E-state index contributed by atoms with van der Waals surface area (Å²) in [7, 11) is -0.772. The number of amides is 1. The van der Waals surface area contributed by atoms with Gasteiger partial charge < -0.3 is 10.2 Å². The van der Waals surface area contributed by atoms with Gasteiger partial charge in [-0.2, -0.15) is 0 Å². The Morgan fingerprint density at radius 1 is 1.44 bits per heavy atom. The molecule has 0 aliphatic carbocycles. The Morgan fingerprint density at radius 3 is 2.83 bits per heavy atom. The van der Waals surface area contributed by atoms with E-state index in [0.29, 0.717) is 34.7 Å². The lowest BCUT2D eigenvalue weighted by atomic mass is 10.4. The van der Waals surface area contributed by atoms with Gasteiger partial charge in [-0.15, -0.1) is 10.2 Å². The number of nitrogens with one attached hydrogen (secondary N) is 1. The first-order valence-electron chi connectivity index (χ1n) is 5.92. The normalized spacial score (nSPS) is 16.8. The number of rotatable bonds is 4. The van der Waals surface area contributed by atoms with Crippen LogP contribution in [0.1, 0.15) is 23.1 Å². The molecule has 1 N–H and O–H groups in total. The van der Waals surface area contributed by atoms with E-state index in [1.165, 1.54) is 11.3 Å². The monoisotopic (exact) mass is 288 g/mol. The summed E-state index contributed by atoms with van der Waals surface area (Å²) >= 11 is 1.27. The van der Waals surface area contributed by atoms with Crippen molar-refractivity contribution in [1.82, 2.24) is 15.1 Å². The van der Waals surface area contributed by atoms with Crippen molar-refractivity contribution in [3.8, 4) is 0 Å². The molecule has 18 heavy (non-hydrogen) atoms. The van der Waals surface area contributed by atoms with E-state index in [4.69, 9.17) is 0 Å². The largest absolute Gasteiger partial charge is 0.360 e. The van der Waals surface area contributed by atoms with E-state index in [1.54, 1.807) is 4.90 Å². The van der Waals surface area contributed by atoms with Crippen LogP contribution in [0.5, 0.6) is 0 Å². The standard InChI is InChI=1S/C10H16N4O2S2/c1-2-3-11-10-13-12-8(17-10)9(15)14-4-6-18(16)7-5-14/h2-7H2,1H3,(H,11,13). The SMILES string of the molecule is CCCNc1nnc(C(=O)N2CCS(=O)CC2)s1. The highest BCUT2D eigenvalue weighted by Crippen LogP contribution is 2.17. The van der Waals surface area contributed by atoms with Crippen LogP contribution >= 0.6 is 11.3 Å². The van der Waals surface area contributed by atoms with Gasteiger partial charge in [-0.05, 0) is 6.42 Å². The average molecular weight is 288 g/mol. The van der Waals surface area contributed by atoms with E-state index in [1.807, 2.05) is 0 Å². The second kappa shape index (κ2) is 6.24. The zero-order valence-electron chi connectivity index (χ0n) is 10.2. The van der Waals surface area contributed by atoms with Gasteiger partial charge in [0.05, 0.1) is 0 Å². The van der Waals surface area contributed by atoms with Gasteiger partial charge in [0, 0.05) is 41.9 Å². The fourth-order valence-corrected chi connectivity index (χ4v) is 3.38. The molecule has 1 aromatic heterocycles. The summed E-state index contributed by atoms with van der Waals surface area (Å²) < 4.78 is 11.2. The quantitative estimate of drug-likeness (QED) is 0.876. The molecule has 0 radical (unpaired) electrons. The van der Waals surface area contributed by atoms with Gasteiger partial charge in [0.2, 0.25) is 10.1 Å². The average Bonchev–Trinajstić information content (AvgIpc) is 2.85. The van der Waals surface area contributed by atoms with Gasteiger partial charge in [-0.3, -0.25) is 9.00 Å². The second-order valence-corrected chi connectivity index (χ2v) is 6.65. The first kappa shape index (κ1) is 13.4. The maximum Gasteiger partial charge on any atom is 0.284 e. The number of hydrogen-bond donors (Lipinski definition) is 1. The molecule has 1 saturated heterocycles. The van der Waals surface area contributed by atoms with Crippen LogP contribution in [0.15, 0.2) is 0 Å². The third kappa shape index (κ3) is 3.26. The van der Waals surface area contributed by atoms with Gasteiger partial charge in [0.15, 0.2) is 0 Å². The van der Waals surface area contributed by atoms with Gasteiger partial charge in [-0.25, -0.2) is 0 Å². The molecular weight excluding hydrogens is 272 g/mol. The molecule has 1 amide bonds. The smallest absolute Gasteiger partial charge is 0.284 e. The summed E-state index contributed by atoms with van der Waals surface area (Å²) in [5.74, 6) is 1.02. The number of carbonyl (C=O) groups excluding carboxylic acids is 1. The molecule has 2 heterocycles. The highest BCUT2D eigenvalue weighted by atomic mass is 32.2. The minimum Gasteiger partial charge on any atom is -0.360 e. The third-order valence-corrected chi connectivity index (χ3v) is 4.74. The Kier molecular flexibility index (Phi) is 4.65. The summed E-state index contributed by atoms with van der Waals surface area (Å²) in [6.45, 7) is 3.98. The number of anilines is 1. The predicted molar refractivity (Wildman–Crippen MR) is 72.5 cm³/mol. The lowest BCUT2D eigenvalue weighted by Gasteiger charge is -2.25. The zero-order valence-corrected chi connectivity index (χ0v) is 11.9. The lowest BCUT2D eigenvalue weighted by Crippen LogP contribution is -2.41. The minimum atomic E-state index is -0.772. The van der Waals surface area contributed by atoms with Crippen LogP contribution in [-0.4, -0.2) is 56.4 Å². The van der Waals surface area contributed by atoms with Crippen molar-refractivity contribution in [3.63, 3.8) is 0 Å². The lowest BCUT2D eigenvalue weighted by molar-refractivity contribution is 0.0770. The molecule has 1 aromatic rings. The van der Waals surface area contributed by atoms with Crippen LogP contribution in [0.4, 0.5) is 5.13 Å². The van der Waals surface area contributed by atoms with Crippen molar-refractivity contribution in [2.75, 3.05) is 36.5 Å². The molecule has 100 valence electrons. The summed E-state index contributed by atoms with van der Waals surface area (Å²) in [6, 6.07) is 0. The van der Waals surface area contributed by atoms with E-state index in [9.17, 15) is 9.00 Å².